The first-order chi connectivity index (χ1) is 18.5. The molecule has 8 nitrogen and oxygen atoms in total. The maximum Gasteiger partial charge on any atom is 0.255 e. The van der Waals surface area contributed by atoms with Crippen LogP contribution in [0.5, 0.6) is 5.75 Å². The Labute approximate surface area is 223 Å². The molecule has 200 valence electrons. The van der Waals surface area contributed by atoms with Crippen molar-refractivity contribution in [2.75, 3.05) is 39.5 Å². The van der Waals surface area contributed by atoms with Crippen LogP contribution >= 0.6 is 0 Å². The monoisotopic (exact) mass is 517 g/mol. The number of hydrogen-bond donors (Lipinski definition) is 1. The first kappa shape index (κ1) is 26.1. The molecular weight excluding hydrogens is 482 g/mol. The van der Waals surface area contributed by atoms with Gasteiger partial charge in [-0.3, -0.25) is 19.3 Å². The molecule has 1 atom stereocenters. The van der Waals surface area contributed by atoms with E-state index < -0.39 is 6.04 Å². The Balaban J connectivity index is 1.10. The third-order valence-corrected chi connectivity index (χ3v) is 7.47. The summed E-state index contributed by atoms with van der Waals surface area (Å²) in [4.78, 5) is 42.1. The standard InChI is InChI=1S/C30H35N3O5/c1-21-5-10-28(29(35)31-21)33-20-24-17-22(7-9-27(24)30(33)36)6-8-25(34)18-23-3-2-4-26(19-23)38-16-13-32-11-14-37-15-12-32/h2-4,7,9,17,19,28H,1,5-6,8,10-16,18,20H2,(H,31,35). The van der Waals surface area contributed by atoms with Crippen molar-refractivity contribution >= 4 is 17.6 Å². The lowest BCUT2D eigenvalue weighted by molar-refractivity contribution is -0.126. The van der Waals surface area contributed by atoms with E-state index in [2.05, 4.69) is 16.8 Å². The Morgan fingerprint density at radius 2 is 1.95 bits per heavy atom. The highest BCUT2D eigenvalue weighted by Gasteiger charge is 2.38. The molecule has 2 aromatic rings. The van der Waals surface area contributed by atoms with Gasteiger partial charge in [-0.2, -0.15) is 0 Å². The SMILES string of the molecule is C=C1CCC(N2Cc3cc(CCC(=O)Cc4cccc(OCCN5CCOCC5)c4)ccc3C2=O)C(=O)N1. The molecule has 8 heteroatoms. The van der Waals surface area contributed by atoms with E-state index in [4.69, 9.17) is 9.47 Å². The van der Waals surface area contributed by atoms with Gasteiger partial charge in [-0.15, -0.1) is 0 Å². The highest BCUT2D eigenvalue weighted by Crippen LogP contribution is 2.29. The normalized spacial score (nSPS) is 19.8. The molecule has 0 radical (unpaired) electrons. The number of carbonyl (C=O) groups excluding carboxylic acids is 3. The quantitative estimate of drug-likeness (QED) is 0.522. The number of piperidine rings is 1. The van der Waals surface area contributed by atoms with Crippen molar-refractivity contribution in [1.29, 1.82) is 0 Å². The minimum atomic E-state index is -0.468. The average Bonchev–Trinajstić information content (AvgIpc) is 3.23. The molecule has 0 saturated carbocycles. The van der Waals surface area contributed by atoms with E-state index >= 15 is 0 Å². The maximum atomic E-state index is 12.9. The van der Waals surface area contributed by atoms with Crippen LogP contribution < -0.4 is 10.1 Å². The molecule has 2 saturated heterocycles. The molecule has 2 fully saturated rings. The van der Waals surface area contributed by atoms with E-state index in [0.717, 1.165) is 55.3 Å². The number of morpholine rings is 1. The second-order valence-electron chi connectivity index (χ2n) is 10.2. The summed E-state index contributed by atoms with van der Waals surface area (Å²) in [6.45, 7) is 9.12. The summed E-state index contributed by atoms with van der Waals surface area (Å²) < 4.78 is 11.3. The Bertz CT molecular complexity index is 1220. The van der Waals surface area contributed by atoms with Crippen molar-refractivity contribution < 1.29 is 23.9 Å². The molecule has 38 heavy (non-hydrogen) atoms. The predicted molar refractivity (Wildman–Crippen MR) is 143 cm³/mol. The van der Waals surface area contributed by atoms with Crippen LogP contribution in [0.3, 0.4) is 0 Å². The molecular formula is C30H35N3O5. The fraction of sp³-hybridized carbons (Fsp3) is 0.433. The van der Waals surface area contributed by atoms with E-state index in [9.17, 15) is 14.4 Å². The maximum absolute atomic E-state index is 12.9. The summed E-state index contributed by atoms with van der Waals surface area (Å²) >= 11 is 0. The minimum absolute atomic E-state index is 0.109. The van der Waals surface area contributed by atoms with Gasteiger partial charge in [-0.05, 0) is 54.2 Å². The van der Waals surface area contributed by atoms with E-state index in [-0.39, 0.29) is 17.6 Å². The number of benzene rings is 2. The van der Waals surface area contributed by atoms with Crippen molar-refractivity contribution in [1.82, 2.24) is 15.1 Å². The summed E-state index contributed by atoms with van der Waals surface area (Å²) in [6.07, 6.45) is 2.66. The summed E-state index contributed by atoms with van der Waals surface area (Å²) in [6, 6.07) is 13.0. The second-order valence-corrected chi connectivity index (χ2v) is 10.2. The van der Waals surface area contributed by atoms with Gasteiger partial charge >= 0.3 is 0 Å². The molecule has 0 aliphatic carbocycles. The number of nitrogens with one attached hydrogen (secondary N) is 1. The number of ketones is 1. The molecule has 0 aromatic heterocycles. The van der Waals surface area contributed by atoms with Gasteiger partial charge in [-0.25, -0.2) is 0 Å². The molecule has 5 rings (SSSR count). The number of nitrogens with zero attached hydrogens (tertiary/aromatic N) is 2. The fourth-order valence-electron chi connectivity index (χ4n) is 5.33. The van der Waals surface area contributed by atoms with Crippen molar-refractivity contribution in [2.24, 2.45) is 0 Å². The van der Waals surface area contributed by atoms with E-state index in [1.807, 2.05) is 42.5 Å². The summed E-state index contributed by atoms with van der Waals surface area (Å²) in [7, 11) is 0. The molecule has 2 aromatic carbocycles. The Kier molecular flexibility index (Phi) is 8.20. The van der Waals surface area contributed by atoms with Gasteiger partial charge in [0.15, 0.2) is 0 Å². The van der Waals surface area contributed by atoms with Crippen molar-refractivity contribution in [3.05, 3.63) is 77.0 Å². The van der Waals surface area contributed by atoms with Gasteiger partial charge in [0.1, 0.15) is 24.2 Å². The second kappa shape index (κ2) is 11.9. The molecule has 0 bridgehead atoms. The van der Waals surface area contributed by atoms with Gasteiger partial charge in [0, 0.05) is 50.3 Å². The van der Waals surface area contributed by atoms with Crippen LogP contribution in [0.4, 0.5) is 0 Å². The number of aryl methyl sites for hydroxylation is 1. The zero-order chi connectivity index (χ0) is 26.5. The van der Waals surface area contributed by atoms with E-state index in [1.54, 1.807) is 4.90 Å². The van der Waals surface area contributed by atoms with Gasteiger partial charge in [-0.1, -0.05) is 30.8 Å². The van der Waals surface area contributed by atoms with Crippen molar-refractivity contribution in [3.8, 4) is 5.75 Å². The minimum Gasteiger partial charge on any atom is -0.492 e. The number of carbonyl (C=O) groups is 3. The highest BCUT2D eigenvalue weighted by molar-refractivity contribution is 6.01. The summed E-state index contributed by atoms with van der Waals surface area (Å²) in [5, 5.41) is 2.77. The third-order valence-electron chi connectivity index (χ3n) is 7.47. The van der Waals surface area contributed by atoms with Gasteiger partial charge in [0.25, 0.3) is 5.91 Å². The number of fused-ring (bicyclic) bond motifs is 1. The largest absolute Gasteiger partial charge is 0.492 e. The van der Waals surface area contributed by atoms with Crippen LogP contribution in [-0.2, 0) is 33.7 Å². The van der Waals surface area contributed by atoms with Gasteiger partial charge in [0.2, 0.25) is 5.91 Å². The van der Waals surface area contributed by atoms with E-state index in [1.165, 1.54) is 0 Å². The molecule has 1 unspecified atom stereocenters. The molecule has 1 N–H and O–H groups in total. The zero-order valence-corrected chi connectivity index (χ0v) is 21.7. The van der Waals surface area contributed by atoms with Crippen molar-refractivity contribution in [3.63, 3.8) is 0 Å². The smallest absolute Gasteiger partial charge is 0.255 e. The molecule has 3 aliphatic rings. The van der Waals surface area contributed by atoms with Gasteiger partial charge < -0.3 is 19.7 Å². The molecule has 3 heterocycles. The Hall–Kier alpha value is -3.49. The fourth-order valence-corrected chi connectivity index (χ4v) is 5.33. The number of rotatable bonds is 10. The van der Waals surface area contributed by atoms with Crippen LogP contribution in [0.15, 0.2) is 54.7 Å². The highest BCUT2D eigenvalue weighted by atomic mass is 16.5. The lowest BCUT2D eigenvalue weighted by Crippen LogP contribution is -2.49. The topological polar surface area (TPSA) is 88.2 Å². The van der Waals surface area contributed by atoms with Gasteiger partial charge in [0.05, 0.1) is 13.2 Å². The summed E-state index contributed by atoms with van der Waals surface area (Å²) in [5.41, 5.74) is 4.23. The molecule has 2 amide bonds. The lowest BCUT2D eigenvalue weighted by Gasteiger charge is -2.30. The number of hydrogen-bond acceptors (Lipinski definition) is 6. The van der Waals surface area contributed by atoms with Crippen LogP contribution in [0.2, 0.25) is 0 Å². The third kappa shape index (κ3) is 6.31. The number of amides is 2. The Morgan fingerprint density at radius 3 is 2.76 bits per heavy atom. The zero-order valence-electron chi connectivity index (χ0n) is 21.7. The van der Waals surface area contributed by atoms with Crippen LogP contribution in [0, 0.1) is 0 Å². The molecule has 0 spiro atoms. The Morgan fingerprint density at radius 1 is 1.11 bits per heavy atom. The first-order valence-corrected chi connectivity index (χ1v) is 13.4. The van der Waals surface area contributed by atoms with Crippen LogP contribution in [0.25, 0.3) is 0 Å². The number of ether oxygens (including phenoxy) is 2. The average molecular weight is 518 g/mol. The lowest BCUT2D eigenvalue weighted by atomic mass is 9.99. The first-order valence-electron chi connectivity index (χ1n) is 13.4. The number of allylic oxidation sites excluding steroid dienone is 1. The number of Topliss-reactive ketones (excluding diaryl/α,β-unsaturated/α-hetero) is 1. The van der Waals surface area contributed by atoms with E-state index in [0.29, 0.717) is 56.5 Å². The molecule has 3 aliphatic heterocycles. The van der Waals surface area contributed by atoms with Crippen LogP contribution in [-0.4, -0.2) is 72.9 Å². The van der Waals surface area contributed by atoms with Crippen molar-refractivity contribution in [2.45, 2.75) is 44.7 Å². The van der Waals surface area contributed by atoms with Crippen LogP contribution in [0.1, 0.15) is 46.3 Å². The predicted octanol–water partition coefficient (Wildman–Crippen LogP) is 2.89. The summed E-state index contributed by atoms with van der Waals surface area (Å²) in [5.74, 6) is 0.669.